The molecule has 1 aliphatic rings. The maximum atomic E-state index is 12.9. The highest BCUT2D eigenvalue weighted by molar-refractivity contribution is 6.30. The van der Waals surface area contributed by atoms with Crippen molar-refractivity contribution in [1.82, 2.24) is 19.9 Å². The zero-order chi connectivity index (χ0) is 19.4. The summed E-state index contributed by atoms with van der Waals surface area (Å²) in [5.74, 6) is 0.907. The van der Waals surface area contributed by atoms with E-state index >= 15 is 0 Å². The van der Waals surface area contributed by atoms with Crippen molar-refractivity contribution in [1.29, 1.82) is 0 Å². The Kier molecular flexibility index (Phi) is 6.11. The van der Waals surface area contributed by atoms with E-state index in [1.807, 2.05) is 19.1 Å². The smallest absolute Gasteiger partial charge is 0.251 e. The van der Waals surface area contributed by atoms with E-state index in [9.17, 15) is 9.59 Å². The van der Waals surface area contributed by atoms with Crippen LogP contribution in [0.15, 0.2) is 28.8 Å². The molecule has 1 aromatic carbocycles. The van der Waals surface area contributed by atoms with Gasteiger partial charge in [0, 0.05) is 24.5 Å². The Morgan fingerprint density at radius 1 is 1.22 bits per heavy atom. The highest BCUT2D eigenvalue weighted by Crippen LogP contribution is 2.25. The molecular weight excluding hydrogens is 368 g/mol. The fraction of sp³-hybridized carbons (Fsp3) is 0.474. The number of halogens is 1. The topological polar surface area (TPSA) is 79.5 Å². The van der Waals surface area contributed by atoms with Crippen LogP contribution >= 0.6 is 11.6 Å². The summed E-state index contributed by atoms with van der Waals surface area (Å²) in [7, 11) is 0. The van der Waals surface area contributed by atoms with E-state index in [0.717, 1.165) is 5.56 Å². The molecule has 2 heterocycles. The van der Waals surface area contributed by atoms with E-state index in [2.05, 4.69) is 10.1 Å². The van der Waals surface area contributed by atoms with Crippen molar-refractivity contribution >= 4 is 23.4 Å². The van der Waals surface area contributed by atoms with Crippen LogP contribution in [0.5, 0.6) is 0 Å². The lowest BCUT2D eigenvalue weighted by molar-refractivity contribution is -0.136. The van der Waals surface area contributed by atoms with Crippen LogP contribution in [0.25, 0.3) is 0 Å². The molecule has 0 radical (unpaired) electrons. The van der Waals surface area contributed by atoms with Gasteiger partial charge in [0.1, 0.15) is 6.04 Å². The van der Waals surface area contributed by atoms with Gasteiger partial charge in [-0.15, -0.1) is 0 Å². The number of aryl methyl sites for hydroxylation is 1. The Morgan fingerprint density at radius 3 is 2.59 bits per heavy atom. The number of carbonyl (C=O) groups is 2. The van der Waals surface area contributed by atoms with E-state index in [-0.39, 0.29) is 18.2 Å². The van der Waals surface area contributed by atoms with Crippen molar-refractivity contribution in [2.45, 2.75) is 39.2 Å². The molecule has 0 bridgehead atoms. The largest absolute Gasteiger partial charge is 0.340 e. The molecule has 3 rings (SSSR count). The molecule has 1 aliphatic heterocycles. The molecule has 1 saturated heterocycles. The Balaban J connectivity index is 1.79. The second-order valence-electron chi connectivity index (χ2n) is 6.63. The third kappa shape index (κ3) is 4.66. The summed E-state index contributed by atoms with van der Waals surface area (Å²) in [4.78, 5) is 33.1. The zero-order valence-corrected chi connectivity index (χ0v) is 16.3. The number of carbonyl (C=O) groups excluding carboxylic acids is 2. The van der Waals surface area contributed by atoms with E-state index in [4.69, 9.17) is 16.1 Å². The lowest BCUT2D eigenvalue weighted by atomic mass is 10.1. The van der Waals surface area contributed by atoms with Gasteiger partial charge in [0.25, 0.3) is 5.89 Å². The quantitative estimate of drug-likeness (QED) is 0.801. The number of hydrogen-bond donors (Lipinski definition) is 0. The summed E-state index contributed by atoms with van der Waals surface area (Å²) in [5.41, 5.74) is 0.903. The van der Waals surface area contributed by atoms with Gasteiger partial charge in [-0.2, -0.15) is 4.98 Å². The van der Waals surface area contributed by atoms with Gasteiger partial charge >= 0.3 is 0 Å². The standard InChI is InChI=1S/C19H23ClN4O3/c1-3-17(25)24-10-4-9-23(12-16(24)19-21-13(2)22-27-19)18(26)11-14-5-7-15(20)8-6-14/h5-8,16H,3-4,9-12H2,1-2H3. The van der Waals surface area contributed by atoms with E-state index in [1.54, 1.807) is 28.9 Å². The molecule has 144 valence electrons. The normalized spacial score (nSPS) is 17.7. The zero-order valence-electron chi connectivity index (χ0n) is 15.5. The lowest BCUT2D eigenvalue weighted by Gasteiger charge is -2.29. The van der Waals surface area contributed by atoms with Gasteiger partial charge in [0.05, 0.1) is 13.0 Å². The number of nitrogens with zero attached hydrogens (tertiary/aromatic N) is 4. The summed E-state index contributed by atoms with van der Waals surface area (Å²) in [6.07, 6.45) is 1.39. The highest BCUT2D eigenvalue weighted by Gasteiger charge is 2.34. The maximum absolute atomic E-state index is 12.9. The average molecular weight is 391 g/mol. The third-order valence-electron chi connectivity index (χ3n) is 4.67. The number of benzene rings is 1. The lowest BCUT2D eigenvalue weighted by Crippen LogP contribution is -2.40. The third-order valence-corrected chi connectivity index (χ3v) is 4.92. The van der Waals surface area contributed by atoms with Gasteiger partial charge in [0.15, 0.2) is 5.82 Å². The Bertz CT molecular complexity index is 806. The van der Waals surface area contributed by atoms with Crippen LogP contribution in [0.2, 0.25) is 5.02 Å². The van der Waals surface area contributed by atoms with Crippen LogP contribution in [0.4, 0.5) is 0 Å². The van der Waals surface area contributed by atoms with Crippen molar-refractivity contribution in [3.8, 4) is 0 Å². The summed E-state index contributed by atoms with van der Waals surface area (Å²) >= 11 is 5.91. The second-order valence-corrected chi connectivity index (χ2v) is 7.07. The minimum absolute atomic E-state index is 0.00403. The van der Waals surface area contributed by atoms with Gasteiger partial charge in [-0.05, 0) is 31.0 Å². The fourth-order valence-electron chi connectivity index (χ4n) is 3.26. The molecule has 0 spiro atoms. The van der Waals surface area contributed by atoms with E-state index < -0.39 is 6.04 Å². The summed E-state index contributed by atoms with van der Waals surface area (Å²) in [6, 6.07) is 6.83. The first-order chi connectivity index (χ1) is 13.0. The molecule has 1 unspecified atom stereocenters. The van der Waals surface area contributed by atoms with Crippen molar-refractivity contribution in [3.63, 3.8) is 0 Å². The number of aromatic nitrogens is 2. The first-order valence-electron chi connectivity index (χ1n) is 9.09. The van der Waals surface area contributed by atoms with E-state index in [1.165, 1.54) is 0 Å². The minimum Gasteiger partial charge on any atom is -0.340 e. The molecular formula is C19H23ClN4O3. The van der Waals surface area contributed by atoms with Gasteiger partial charge in [0.2, 0.25) is 11.8 Å². The molecule has 0 N–H and O–H groups in total. The highest BCUT2D eigenvalue weighted by atomic mass is 35.5. The van der Waals surface area contributed by atoms with Crippen LogP contribution < -0.4 is 0 Å². The predicted octanol–water partition coefficient (Wildman–Crippen LogP) is 2.79. The maximum Gasteiger partial charge on any atom is 0.251 e. The molecule has 27 heavy (non-hydrogen) atoms. The Hall–Kier alpha value is -2.41. The first-order valence-corrected chi connectivity index (χ1v) is 9.47. The second kappa shape index (κ2) is 8.52. The number of hydrogen-bond acceptors (Lipinski definition) is 5. The molecule has 0 saturated carbocycles. The van der Waals surface area contributed by atoms with Gasteiger partial charge in [-0.25, -0.2) is 0 Å². The fourth-order valence-corrected chi connectivity index (χ4v) is 3.39. The van der Waals surface area contributed by atoms with Gasteiger partial charge < -0.3 is 14.3 Å². The average Bonchev–Trinajstić information content (AvgIpc) is 2.96. The Morgan fingerprint density at radius 2 is 1.96 bits per heavy atom. The molecule has 1 atom stereocenters. The molecule has 2 amide bonds. The van der Waals surface area contributed by atoms with Crippen molar-refractivity contribution in [2.24, 2.45) is 0 Å². The van der Waals surface area contributed by atoms with Crippen molar-refractivity contribution < 1.29 is 14.1 Å². The summed E-state index contributed by atoms with van der Waals surface area (Å²) < 4.78 is 5.34. The Labute approximate surface area is 163 Å². The van der Waals surface area contributed by atoms with Crippen LogP contribution in [0.1, 0.15) is 43.1 Å². The van der Waals surface area contributed by atoms with Crippen molar-refractivity contribution in [3.05, 3.63) is 46.6 Å². The minimum atomic E-state index is -0.421. The van der Waals surface area contributed by atoms with Crippen LogP contribution in [-0.2, 0) is 16.0 Å². The van der Waals surface area contributed by atoms with Gasteiger partial charge in [-0.1, -0.05) is 35.8 Å². The van der Waals surface area contributed by atoms with E-state index in [0.29, 0.717) is 49.2 Å². The predicted molar refractivity (Wildman–Crippen MR) is 100 cm³/mol. The summed E-state index contributed by atoms with van der Waals surface area (Å²) in [5, 5.41) is 4.49. The molecule has 1 fully saturated rings. The van der Waals surface area contributed by atoms with Crippen LogP contribution in [0.3, 0.4) is 0 Å². The SMILES string of the molecule is CCC(=O)N1CCCN(C(=O)Cc2ccc(Cl)cc2)CC1c1nc(C)no1. The number of rotatable bonds is 4. The van der Waals surface area contributed by atoms with Crippen LogP contribution in [0, 0.1) is 6.92 Å². The van der Waals surface area contributed by atoms with Crippen molar-refractivity contribution in [2.75, 3.05) is 19.6 Å². The molecule has 2 aromatic rings. The molecule has 8 heteroatoms. The molecule has 7 nitrogen and oxygen atoms in total. The van der Waals surface area contributed by atoms with Gasteiger partial charge in [-0.3, -0.25) is 9.59 Å². The van der Waals surface area contributed by atoms with Crippen LogP contribution in [-0.4, -0.2) is 51.4 Å². The summed E-state index contributed by atoms with van der Waals surface area (Å²) in [6.45, 7) is 5.05. The molecule has 1 aromatic heterocycles. The first kappa shape index (κ1) is 19.4. The molecule has 0 aliphatic carbocycles. The number of amides is 2. The monoisotopic (exact) mass is 390 g/mol.